The van der Waals surface area contributed by atoms with Crippen molar-refractivity contribution >= 4 is 17.6 Å². The molecule has 2 aromatic carbocycles. The first-order valence-electron chi connectivity index (χ1n) is 10.6. The Morgan fingerprint density at radius 3 is 2.52 bits per heavy atom. The fourth-order valence-electron chi connectivity index (χ4n) is 3.18. The Morgan fingerprint density at radius 2 is 1.76 bits per heavy atom. The molecular formula is C25H25N7O. The highest BCUT2D eigenvalue weighted by Gasteiger charge is 2.06. The molecular weight excluding hydrogens is 414 g/mol. The number of rotatable bonds is 8. The van der Waals surface area contributed by atoms with Crippen molar-refractivity contribution in [2.45, 2.75) is 13.5 Å². The van der Waals surface area contributed by atoms with Gasteiger partial charge in [0, 0.05) is 37.0 Å². The van der Waals surface area contributed by atoms with Crippen molar-refractivity contribution in [2.24, 2.45) is 10.7 Å². The number of nitrogen functional groups attached to an aromatic ring is 1. The van der Waals surface area contributed by atoms with Gasteiger partial charge in [0.1, 0.15) is 28.8 Å². The van der Waals surface area contributed by atoms with Crippen LogP contribution in [0.15, 0.2) is 84.0 Å². The average molecular weight is 440 g/mol. The van der Waals surface area contributed by atoms with Crippen molar-refractivity contribution in [1.82, 2.24) is 15.0 Å². The maximum absolute atomic E-state index is 5.94. The minimum atomic E-state index is 0.226. The second-order valence-electron chi connectivity index (χ2n) is 7.20. The Hall–Kier alpha value is -4.46. The van der Waals surface area contributed by atoms with Crippen LogP contribution in [0.25, 0.3) is 11.3 Å². The van der Waals surface area contributed by atoms with E-state index >= 15 is 0 Å². The van der Waals surface area contributed by atoms with E-state index in [1.807, 2.05) is 67.6 Å². The largest absolute Gasteiger partial charge is 0.457 e. The molecule has 8 heteroatoms. The molecule has 0 bridgehead atoms. The molecule has 0 radical (unpaired) electrons. The number of nitrogens with one attached hydrogen (secondary N) is 1. The second kappa shape index (κ2) is 10.2. The van der Waals surface area contributed by atoms with Crippen LogP contribution in [0.1, 0.15) is 18.2 Å². The summed E-state index contributed by atoms with van der Waals surface area (Å²) in [7, 11) is 0. The Balaban J connectivity index is 1.40. The van der Waals surface area contributed by atoms with E-state index in [1.54, 1.807) is 18.3 Å². The van der Waals surface area contributed by atoms with Crippen LogP contribution >= 0.6 is 0 Å². The van der Waals surface area contributed by atoms with Crippen molar-refractivity contribution in [1.29, 1.82) is 0 Å². The minimum absolute atomic E-state index is 0.226. The Kier molecular flexibility index (Phi) is 6.75. The number of anilines is 2. The van der Waals surface area contributed by atoms with E-state index in [9.17, 15) is 0 Å². The van der Waals surface area contributed by atoms with E-state index in [2.05, 4.69) is 25.3 Å². The number of nitrogens with two attached hydrogens (primary N) is 2. The molecule has 4 rings (SSSR count). The number of pyridine rings is 1. The molecule has 0 unspecified atom stereocenters. The van der Waals surface area contributed by atoms with E-state index in [-0.39, 0.29) is 5.95 Å². The summed E-state index contributed by atoms with van der Waals surface area (Å²) in [6.07, 6.45) is 1.65. The van der Waals surface area contributed by atoms with Crippen LogP contribution in [-0.2, 0) is 6.54 Å². The number of hydrogen-bond donors (Lipinski definition) is 3. The topological polar surface area (TPSA) is 124 Å². The lowest BCUT2D eigenvalue weighted by Gasteiger charge is -2.10. The summed E-state index contributed by atoms with van der Waals surface area (Å²) < 4.78 is 5.94. The number of benzene rings is 2. The van der Waals surface area contributed by atoms with Crippen LogP contribution in [0.2, 0.25) is 0 Å². The number of aliphatic imine (C=N–C) groups is 1. The zero-order valence-corrected chi connectivity index (χ0v) is 18.3. The summed E-state index contributed by atoms with van der Waals surface area (Å²) in [5, 5.41) is 3.31. The third-order valence-electron chi connectivity index (χ3n) is 4.77. The first-order valence-corrected chi connectivity index (χ1v) is 10.6. The normalized spacial score (nSPS) is 11.2. The molecule has 4 aromatic rings. The molecule has 0 spiro atoms. The van der Waals surface area contributed by atoms with Crippen LogP contribution in [0.5, 0.6) is 11.5 Å². The Labute approximate surface area is 192 Å². The van der Waals surface area contributed by atoms with Crippen LogP contribution in [0.3, 0.4) is 0 Å². The molecule has 8 nitrogen and oxygen atoms in total. The molecule has 0 fully saturated rings. The van der Waals surface area contributed by atoms with Gasteiger partial charge in [-0.2, -0.15) is 4.98 Å². The SMILES string of the molecule is CCN=C(N)c1cc(Oc2ccc(CNc3cc(-c4ccccc4)nc(N)n3)cc2)ccn1. The smallest absolute Gasteiger partial charge is 0.222 e. The fourth-order valence-corrected chi connectivity index (χ4v) is 3.18. The number of hydrogen-bond acceptors (Lipinski definition) is 7. The zero-order valence-electron chi connectivity index (χ0n) is 18.3. The summed E-state index contributed by atoms with van der Waals surface area (Å²) in [6.45, 7) is 3.10. The fraction of sp³-hybridized carbons (Fsp3) is 0.120. The summed E-state index contributed by atoms with van der Waals surface area (Å²) in [5.41, 5.74) is 15.3. The van der Waals surface area contributed by atoms with Crippen LogP contribution < -0.4 is 21.5 Å². The van der Waals surface area contributed by atoms with Crippen LogP contribution in [0, 0.1) is 0 Å². The lowest BCUT2D eigenvalue weighted by Crippen LogP contribution is -2.15. The van der Waals surface area contributed by atoms with E-state index in [0.717, 1.165) is 16.8 Å². The van der Waals surface area contributed by atoms with Gasteiger partial charge in [0.25, 0.3) is 0 Å². The molecule has 33 heavy (non-hydrogen) atoms. The Morgan fingerprint density at radius 1 is 0.970 bits per heavy atom. The van der Waals surface area contributed by atoms with Gasteiger partial charge < -0.3 is 21.5 Å². The molecule has 0 aliphatic rings. The monoisotopic (exact) mass is 439 g/mol. The van der Waals surface area contributed by atoms with Gasteiger partial charge in [-0.3, -0.25) is 9.98 Å². The summed E-state index contributed by atoms with van der Waals surface area (Å²) in [4.78, 5) is 17.0. The predicted octanol–water partition coefficient (Wildman–Crippen LogP) is 4.25. The van der Waals surface area contributed by atoms with Crippen molar-refractivity contribution < 1.29 is 4.74 Å². The van der Waals surface area contributed by atoms with E-state index < -0.39 is 0 Å². The first kappa shape index (κ1) is 21.8. The number of amidine groups is 1. The summed E-state index contributed by atoms with van der Waals surface area (Å²) >= 11 is 0. The van der Waals surface area contributed by atoms with Crippen LogP contribution in [0.4, 0.5) is 11.8 Å². The van der Waals surface area contributed by atoms with Gasteiger partial charge in [-0.05, 0) is 30.7 Å². The van der Waals surface area contributed by atoms with Gasteiger partial charge >= 0.3 is 0 Å². The third-order valence-corrected chi connectivity index (χ3v) is 4.77. The highest BCUT2D eigenvalue weighted by molar-refractivity contribution is 5.95. The van der Waals surface area contributed by atoms with Crippen molar-refractivity contribution in [2.75, 3.05) is 17.6 Å². The number of ether oxygens (including phenoxy) is 1. The molecule has 0 atom stereocenters. The lowest BCUT2D eigenvalue weighted by molar-refractivity contribution is 0.481. The zero-order chi connectivity index (χ0) is 23.0. The van der Waals surface area contributed by atoms with Gasteiger partial charge in [0.2, 0.25) is 5.95 Å². The van der Waals surface area contributed by atoms with Gasteiger partial charge in [-0.25, -0.2) is 4.98 Å². The third kappa shape index (κ3) is 5.82. The minimum Gasteiger partial charge on any atom is -0.457 e. The quantitative estimate of drug-likeness (QED) is 0.277. The van der Waals surface area contributed by atoms with Crippen molar-refractivity contribution in [3.05, 3.63) is 90.3 Å². The van der Waals surface area contributed by atoms with Crippen LogP contribution in [-0.4, -0.2) is 27.3 Å². The van der Waals surface area contributed by atoms with Gasteiger partial charge in [0.05, 0.1) is 5.69 Å². The van der Waals surface area contributed by atoms with E-state index in [4.69, 9.17) is 16.2 Å². The molecule has 0 amide bonds. The average Bonchev–Trinajstić information content (AvgIpc) is 2.84. The van der Waals surface area contributed by atoms with Crippen molar-refractivity contribution in [3.8, 4) is 22.8 Å². The maximum atomic E-state index is 5.94. The summed E-state index contributed by atoms with van der Waals surface area (Å²) in [5.74, 6) is 2.64. The standard InChI is InChI=1S/C25H25N7O/c1-2-28-24(26)22-14-20(12-13-29-22)33-19-10-8-17(9-11-19)16-30-23-15-21(31-25(27)32-23)18-6-4-3-5-7-18/h3-15H,2,16H2,1H3,(H2,26,28)(H3,27,30,31,32). The predicted molar refractivity (Wildman–Crippen MR) is 131 cm³/mol. The maximum Gasteiger partial charge on any atom is 0.222 e. The number of nitrogens with zero attached hydrogens (tertiary/aromatic N) is 4. The highest BCUT2D eigenvalue weighted by Crippen LogP contribution is 2.23. The van der Waals surface area contributed by atoms with E-state index in [1.165, 1.54) is 0 Å². The first-order chi connectivity index (χ1) is 16.1. The van der Waals surface area contributed by atoms with E-state index in [0.29, 0.717) is 41.9 Å². The molecule has 0 aliphatic carbocycles. The molecule has 0 aliphatic heterocycles. The number of aromatic nitrogens is 3. The van der Waals surface area contributed by atoms with Crippen molar-refractivity contribution in [3.63, 3.8) is 0 Å². The Bertz CT molecular complexity index is 1240. The molecule has 0 saturated carbocycles. The molecule has 166 valence electrons. The highest BCUT2D eigenvalue weighted by atomic mass is 16.5. The molecule has 0 saturated heterocycles. The molecule has 2 aromatic heterocycles. The van der Waals surface area contributed by atoms with Gasteiger partial charge in [0.15, 0.2) is 0 Å². The molecule has 5 N–H and O–H groups in total. The molecule has 2 heterocycles. The van der Waals surface area contributed by atoms with Gasteiger partial charge in [-0.1, -0.05) is 42.5 Å². The lowest BCUT2D eigenvalue weighted by atomic mass is 10.1. The summed E-state index contributed by atoms with van der Waals surface area (Å²) in [6, 6.07) is 23.1. The van der Waals surface area contributed by atoms with Gasteiger partial charge in [-0.15, -0.1) is 0 Å². The second-order valence-corrected chi connectivity index (χ2v) is 7.20.